The number of amides is 1. The topological polar surface area (TPSA) is 63.2 Å². The van der Waals surface area contributed by atoms with Gasteiger partial charge in [-0.3, -0.25) is 9.78 Å². The lowest BCUT2D eigenvalue weighted by atomic mass is 10.2. The molecule has 0 unspecified atom stereocenters. The van der Waals surface area contributed by atoms with Crippen molar-refractivity contribution in [2.24, 2.45) is 0 Å². The Morgan fingerprint density at radius 1 is 1.19 bits per heavy atom. The molecule has 0 fully saturated rings. The number of rotatable bonds is 6. The van der Waals surface area contributed by atoms with Crippen LogP contribution in [0.5, 0.6) is 5.75 Å². The van der Waals surface area contributed by atoms with Crippen molar-refractivity contribution in [1.29, 1.82) is 0 Å². The van der Waals surface area contributed by atoms with Crippen molar-refractivity contribution >= 4 is 28.9 Å². The van der Waals surface area contributed by atoms with Gasteiger partial charge in [-0.2, -0.15) is 0 Å². The minimum absolute atomic E-state index is 0.279. The first kappa shape index (κ1) is 18.7. The minimum Gasteiger partial charge on any atom is -0.495 e. The molecule has 0 radical (unpaired) electrons. The summed E-state index contributed by atoms with van der Waals surface area (Å²) < 4.78 is 18.9. The molecule has 0 bridgehead atoms. The van der Waals surface area contributed by atoms with Gasteiger partial charge in [0.25, 0.3) is 5.91 Å². The van der Waals surface area contributed by atoms with Gasteiger partial charge in [0.2, 0.25) is 0 Å². The molecule has 0 spiro atoms. The van der Waals surface area contributed by atoms with E-state index in [0.717, 1.165) is 0 Å². The van der Waals surface area contributed by atoms with Crippen molar-refractivity contribution in [3.63, 3.8) is 0 Å². The second-order valence-corrected chi connectivity index (χ2v) is 6.14. The highest BCUT2D eigenvalue weighted by molar-refractivity contribution is 6.31. The number of nitrogens with one attached hydrogen (secondary N) is 2. The van der Waals surface area contributed by atoms with Crippen molar-refractivity contribution in [2.75, 3.05) is 17.7 Å². The molecule has 5 nitrogen and oxygen atoms in total. The Morgan fingerprint density at radius 2 is 2.00 bits per heavy atom. The van der Waals surface area contributed by atoms with Crippen molar-refractivity contribution in [1.82, 2.24) is 4.98 Å². The highest BCUT2D eigenvalue weighted by Gasteiger charge is 2.12. The van der Waals surface area contributed by atoms with E-state index < -0.39 is 0 Å². The van der Waals surface area contributed by atoms with Crippen molar-refractivity contribution in [3.05, 3.63) is 82.9 Å². The summed E-state index contributed by atoms with van der Waals surface area (Å²) in [4.78, 5) is 16.6. The van der Waals surface area contributed by atoms with Gasteiger partial charge < -0.3 is 15.4 Å². The number of hydrogen-bond acceptors (Lipinski definition) is 4. The van der Waals surface area contributed by atoms with Gasteiger partial charge in [-0.15, -0.1) is 0 Å². The summed E-state index contributed by atoms with van der Waals surface area (Å²) in [5, 5.41) is 6.29. The van der Waals surface area contributed by atoms with Gasteiger partial charge in [-0.05, 0) is 30.3 Å². The first-order valence-electron chi connectivity index (χ1n) is 8.14. The number of carbonyl (C=O) groups excluding carboxylic acids is 1. The Hall–Kier alpha value is -3.12. The third-order valence-electron chi connectivity index (χ3n) is 3.85. The third kappa shape index (κ3) is 4.74. The molecule has 1 aromatic heterocycles. The molecule has 0 aliphatic rings. The molecule has 2 N–H and O–H groups in total. The lowest BCUT2D eigenvalue weighted by Gasteiger charge is -2.11. The summed E-state index contributed by atoms with van der Waals surface area (Å²) in [6, 6.07) is 13.1. The van der Waals surface area contributed by atoms with Crippen LogP contribution in [0.2, 0.25) is 5.02 Å². The summed E-state index contributed by atoms with van der Waals surface area (Å²) >= 11 is 5.98. The molecule has 3 rings (SSSR count). The van der Waals surface area contributed by atoms with Gasteiger partial charge in [-0.1, -0.05) is 29.8 Å². The number of nitrogens with zero attached hydrogens (tertiary/aromatic N) is 1. The van der Waals surface area contributed by atoms with E-state index in [1.165, 1.54) is 19.4 Å². The van der Waals surface area contributed by atoms with E-state index in [0.29, 0.717) is 33.3 Å². The fourth-order valence-corrected chi connectivity index (χ4v) is 2.64. The van der Waals surface area contributed by atoms with Crippen molar-refractivity contribution in [2.45, 2.75) is 6.54 Å². The number of halogens is 2. The Morgan fingerprint density at radius 3 is 2.78 bits per heavy atom. The maximum absolute atomic E-state index is 13.7. The fourth-order valence-electron chi connectivity index (χ4n) is 2.47. The predicted octanol–water partition coefficient (Wildman–Crippen LogP) is 4.75. The quantitative estimate of drug-likeness (QED) is 0.643. The maximum atomic E-state index is 13.7. The number of pyridine rings is 1. The van der Waals surface area contributed by atoms with Gasteiger partial charge in [-0.25, -0.2) is 4.39 Å². The molecule has 1 amide bonds. The second kappa shape index (κ2) is 8.51. The van der Waals surface area contributed by atoms with Gasteiger partial charge in [0.05, 0.1) is 24.0 Å². The van der Waals surface area contributed by atoms with Gasteiger partial charge in [0, 0.05) is 29.5 Å². The lowest BCUT2D eigenvalue weighted by Crippen LogP contribution is -2.13. The summed E-state index contributed by atoms with van der Waals surface area (Å²) in [5.74, 6) is -0.160. The number of anilines is 2. The molecule has 0 saturated heterocycles. The minimum atomic E-state index is -0.363. The van der Waals surface area contributed by atoms with Crippen LogP contribution in [-0.2, 0) is 6.54 Å². The van der Waals surface area contributed by atoms with E-state index in [1.807, 2.05) is 0 Å². The third-order valence-corrected chi connectivity index (χ3v) is 4.09. The van der Waals surface area contributed by atoms with Crippen LogP contribution in [0.3, 0.4) is 0 Å². The maximum Gasteiger partial charge on any atom is 0.257 e. The molecule has 0 atom stereocenters. The van der Waals surface area contributed by atoms with E-state index in [4.69, 9.17) is 16.3 Å². The second-order valence-electron chi connectivity index (χ2n) is 5.71. The number of hydrogen-bond donors (Lipinski definition) is 2. The number of benzene rings is 2. The average molecular weight is 386 g/mol. The Bertz CT molecular complexity index is 965. The van der Waals surface area contributed by atoms with Crippen LogP contribution in [0.25, 0.3) is 0 Å². The molecule has 0 aliphatic carbocycles. The molecule has 3 aromatic rings. The molecule has 2 aromatic carbocycles. The smallest absolute Gasteiger partial charge is 0.257 e. The zero-order valence-electron chi connectivity index (χ0n) is 14.5. The molecular formula is C20H17ClFN3O2. The Balaban J connectivity index is 1.72. The van der Waals surface area contributed by atoms with Crippen molar-refractivity contribution < 1.29 is 13.9 Å². The zero-order chi connectivity index (χ0) is 19.2. The number of ether oxygens (including phenoxy) is 1. The summed E-state index contributed by atoms with van der Waals surface area (Å²) in [7, 11) is 1.51. The van der Waals surface area contributed by atoms with Crippen LogP contribution in [0.4, 0.5) is 15.8 Å². The largest absolute Gasteiger partial charge is 0.495 e. The van der Waals surface area contributed by atoms with Crippen LogP contribution < -0.4 is 15.4 Å². The Kier molecular flexibility index (Phi) is 5.88. The highest BCUT2D eigenvalue weighted by atomic mass is 35.5. The zero-order valence-corrected chi connectivity index (χ0v) is 15.3. The number of methoxy groups -OCH3 is 1. The van der Waals surface area contributed by atoms with Crippen LogP contribution in [-0.4, -0.2) is 18.0 Å². The predicted molar refractivity (Wildman–Crippen MR) is 104 cm³/mol. The van der Waals surface area contributed by atoms with Gasteiger partial charge in [0.1, 0.15) is 11.6 Å². The SMILES string of the molecule is COc1ccc(Cl)cc1NC(=O)c1cncc(NCc2ccccc2F)c1. The van der Waals surface area contributed by atoms with E-state index in [-0.39, 0.29) is 18.3 Å². The van der Waals surface area contributed by atoms with E-state index in [1.54, 1.807) is 48.7 Å². The van der Waals surface area contributed by atoms with E-state index in [2.05, 4.69) is 15.6 Å². The van der Waals surface area contributed by atoms with Crippen molar-refractivity contribution in [3.8, 4) is 5.75 Å². The summed E-state index contributed by atoms with van der Waals surface area (Å²) in [6.45, 7) is 0.279. The van der Waals surface area contributed by atoms with Crippen LogP contribution in [0.15, 0.2) is 60.9 Å². The highest BCUT2D eigenvalue weighted by Crippen LogP contribution is 2.28. The van der Waals surface area contributed by atoms with Crippen LogP contribution >= 0.6 is 11.6 Å². The van der Waals surface area contributed by atoms with Crippen LogP contribution in [0, 0.1) is 5.82 Å². The molecule has 7 heteroatoms. The number of carbonyl (C=O) groups is 1. The van der Waals surface area contributed by atoms with E-state index in [9.17, 15) is 9.18 Å². The van der Waals surface area contributed by atoms with Crippen LogP contribution in [0.1, 0.15) is 15.9 Å². The molecule has 138 valence electrons. The lowest BCUT2D eigenvalue weighted by molar-refractivity contribution is 0.102. The van der Waals surface area contributed by atoms with Gasteiger partial charge in [0.15, 0.2) is 0 Å². The Labute approximate surface area is 161 Å². The molecular weight excluding hydrogens is 369 g/mol. The molecule has 27 heavy (non-hydrogen) atoms. The summed E-state index contributed by atoms with van der Waals surface area (Å²) in [5.41, 5.74) is 1.93. The van der Waals surface area contributed by atoms with E-state index >= 15 is 0 Å². The fraction of sp³-hybridized carbons (Fsp3) is 0.100. The summed E-state index contributed by atoms with van der Waals surface area (Å²) in [6.07, 6.45) is 3.01. The first-order chi connectivity index (χ1) is 13.1. The van der Waals surface area contributed by atoms with Gasteiger partial charge >= 0.3 is 0 Å². The standard InChI is InChI=1S/C20H17ClFN3O2/c1-27-19-7-6-15(21)9-18(19)25-20(26)14-8-16(12-23-10-14)24-11-13-4-2-3-5-17(13)22/h2-10,12,24H,11H2,1H3,(H,25,26). The first-order valence-corrected chi connectivity index (χ1v) is 8.52. The monoisotopic (exact) mass is 385 g/mol. The average Bonchev–Trinajstić information content (AvgIpc) is 2.68. The molecule has 0 saturated carbocycles. The molecule has 1 heterocycles. The number of aromatic nitrogens is 1. The normalized spacial score (nSPS) is 10.3. The molecule has 0 aliphatic heterocycles.